The van der Waals surface area contributed by atoms with E-state index in [0.29, 0.717) is 35.6 Å². The second kappa shape index (κ2) is 8.85. The molecule has 1 fully saturated rings. The van der Waals surface area contributed by atoms with Crippen LogP contribution < -0.4 is 10.1 Å². The smallest absolute Gasteiger partial charge is 0.270 e. The van der Waals surface area contributed by atoms with Crippen molar-refractivity contribution in [1.29, 1.82) is 0 Å². The molecule has 0 bridgehead atoms. The number of carbonyl (C=O) groups excluding carboxylic acids is 1. The van der Waals surface area contributed by atoms with Crippen molar-refractivity contribution < 1.29 is 22.9 Å². The predicted molar refractivity (Wildman–Crippen MR) is 122 cm³/mol. The van der Waals surface area contributed by atoms with E-state index in [-0.39, 0.29) is 16.3 Å². The van der Waals surface area contributed by atoms with Gasteiger partial charge < -0.3 is 10.1 Å². The van der Waals surface area contributed by atoms with Crippen LogP contribution in [0.25, 0.3) is 10.1 Å². The Morgan fingerprint density at radius 3 is 2.62 bits per heavy atom. The molecule has 0 atom stereocenters. The minimum Gasteiger partial charge on any atom is -0.492 e. The Hall–Kier alpha value is -3.02. The lowest BCUT2D eigenvalue weighted by Gasteiger charge is -2.19. The van der Waals surface area contributed by atoms with Crippen LogP contribution in [0.2, 0.25) is 0 Å². The lowest BCUT2D eigenvalue weighted by molar-refractivity contribution is -0.384. The first-order valence-electron chi connectivity index (χ1n) is 10.1. The van der Waals surface area contributed by atoms with Crippen LogP contribution in [-0.4, -0.2) is 43.2 Å². The fourth-order valence-electron chi connectivity index (χ4n) is 3.58. The molecular weight excluding hydrogens is 454 g/mol. The van der Waals surface area contributed by atoms with E-state index >= 15 is 0 Å². The van der Waals surface area contributed by atoms with Gasteiger partial charge in [0.2, 0.25) is 10.0 Å². The van der Waals surface area contributed by atoms with Gasteiger partial charge in [0.15, 0.2) is 0 Å². The van der Waals surface area contributed by atoms with E-state index in [1.54, 1.807) is 25.1 Å². The Balaban J connectivity index is 1.63. The number of hydrogen-bond donors (Lipinski definition) is 1. The largest absolute Gasteiger partial charge is 0.492 e. The highest BCUT2D eigenvalue weighted by Gasteiger charge is 2.30. The zero-order valence-corrected chi connectivity index (χ0v) is 18.9. The van der Waals surface area contributed by atoms with Crippen LogP contribution in [0.4, 0.5) is 11.4 Å². The monoisotopic (exact) mass is 475 g/mol. The normalized spacial score (nSPS) is 14.5. The van der Waals surface area contributed by atoms with Crippen LogP contribution in [0.3, 0.4) is 0 Å². The van der Waals surface area contributed by atoms with Crippen LogP contribution in [0.1, 0.15) is 29.4 Å². The van der Waals surface area contributed by atoms with Gasteiger partial charge in [-0.15, -0.1) is 11.3 Å². The van der Waals surface area contributed by atoms with Gasteiger partial charge in [0.1, 0.15) is 10.6 Å². The number of nitro groups is 1. The van der Waals surface area contributed by atoms with Crippen LogP contribution in [0, 0.1) is 10.1 Å². The third-order valence-electron chi connectivity index (χ3n) is 5.12. The summed E-state index contributed by atoms with van der Waals surface area (Å²) in [6.07, 6.45) is 1.62. The van der Waals surface area contributed by atoms with Gasteiger partial charge in [-0.1, -0.05) is 0 Å². The van der Waals surface area contributed by atoms with E-state index in [1.807, 2.05) is 0 Å². The summed E-state index contributed by atoms with van der Waals surface area (Å²) in [6, 6.07) is 10.5. The molecule has 9 nitrogen and oxygen atoms in total. The molecule has 168 valence electrons. The first kappa shape index (κ1) is 22.2. The van der Waals surface area contributed by atoms with Crippen molar-refractivity contribution in [2.45, 2.75) is 24.7 Å². The molecule has 0 saturated carbocycles. The second-order valence-electron chi connectivity index (χ2n) is 7.25. The van der Waals surface area contributed by atoms with E-state index in [0.717, 1.165) is 17.5 Å². The summed E-state index contributed by atoms with van der Waals surface area (Å²) in [5.74, 6) is -0.186. The van der Waals surface area contributed by atoms with Gasteiger partial charge in [-0.3, -0.25) is 14.9 Å². The van der Waals surface area contributed by atoms with E-state index in [1.165, 1.54) is 39.9 Å². The number of thiophene rings is 1. The second-order valence-corrected chi connectivity index (χ2v) is 10.2. The Bertz CT molecular complexity index is 1300. The maximum Gasteiger partial charge on any atom is 0.270 e. The van der Waals surface area contributed by atoms with Crippen molar-refractivity contribution in [3.63, 3.8) is 0 Å². The molecule has 1 amide bonds. The molecule has 1 N–H and O–H groups in total. The summed E-state index contributed by atoms with van der Waals surface area (Å²) < 4.78 is 33.9. The zero-order chi connectivity index (χ0) is 22.9. The minimum atomic E-state index is -3.75. The molecule has 3 aromatic rings. The number of non-ortho nitro benzene ring substituents is 1. The number of hydrogen-bond acceptors (Lipinski definition) is 7. The van der Waals surface area contributed by atoms with Gasteiger partial charge in [0.25, 0.3) is 11.6 Å². The molecule has 1 aliphatic heterocycles. The molecule has 2 heterocycles. The number of benzene rings is 2. The van der Waals surface area contributed by atoms with Crippen molar-refractivity contribution in [3.05, 3.63) is 57.5 Å². The fraction of sp³-hybridized carbons (Fsp3) is 0.286. The van der Waals surface area contributed by atoms with Gasteiger partial charge in [0.05, 0.1) is 16.4 Å². The number of nitrogens with one attached hydrogen (secondary N) is 1. The van der Waals surface area contributed by atoms with Crippen molar-refractivity contribution in [3.8, 4) is 5.75 Å². The van der Waals surface area contributed by atoms with E-state index < -0.39 is 20.9 Å². The van der Waals surface area contributed by atoms with E-state index in [9.17, 15) is 23.3 Å². The Morgan fingerprint density at radius 1 is 1.19 bits per heavy atom. The summed E-state index contributed by atoms with van der Waals surface area (Å²) in [5.41, 5.74) is 0.269. The lowest BCUT2D eigenvalue weighted by atomic mass is 10.2. The third-order valence-corrected chi connectivity index (χ3v) is 8.15. The first-order valence-corrected chi connectivity index (χ1v) is 12.3. The Labute approximate surface area is 188 Å². The molecule has 0 radical (unpaired) electrons. The van der Waals surface area contributed by atoms with Crippen LogP contribution in [-0.2, 0) is 10.0 Å². The maximum atomic E-state index is 13.1. The van der Waals surface area contributed by atoms with Crippen molar-refractivity contribution in [1.82, 2.24) is 4.31 Å². The summed E-state index contributed by atoms with van der Waals surface area (Å²) in [5, 5.41) is 14.3. The minimum absolute atomic E-state index is 0.0195. The van der Waals surface area contributed by atoms with Crippen molar-refractivity contribution in [2.75, 3.05) is 25.0 Å². The Morgan fingerprint density at radius 2 is 1.94 bits per heavy atom. The number of rotatable bonds is 7. The van der Waals surface area contributed by atoms with Gasteiger partial charge in [0, 0.05) is 41.0 Å². The van der Waals surface area contributed by atoms with Crippen molar-refractivity contribution in [2.24, 2.45) is 0 Å². The highest BCUT2D eigenvalue weighted by Crippen LogP contribution is 2.33. The number of nitro benzene ring substituents is 1. The molecule has 0 unspecified atom stereocenters. The molecule has 0 aliphatic carbocycles. The van der Waals surface area contributed by atoms with Crippen LogP contribution in [0.5, 0.6) is 5.75 Å². The van der Waals surface area contributed by atoms with Gasteiger partial charge in [-0.25, -0.2) is 8.42 Å². The van der Waals surface area contributed by atoms with Gasteiger partial charge in [-0.2, -0.15) is 4.31 Å². The molecule has 0 spiro atoms. The molecule has 1 aliphatic rings. The highest BCUT2D eigenvalue weighted by atomic mass is 32.2. The third kappa shape index (κ3) is 4.31. The van der Waals surface area contributed by atoms with E-state index in [4.69, 9.17) is 4.74 Å². The summed E-state index contributed by atoms with van der Waals surface area (Å²) in [7, 11) is -3.75. The molecule has 1 saturated heterocycles. The fourth-order valence-corrected chi connectivity index (χ4v) is 6.19. The van der Waals surface area contributed by atoms with E-state index in [2.05, 4.69) is 5.32 Å². The quantitative estimate of drug-likeness (QED) is 0.403. The molecular formula is C21H21N3O6S2. The lowest BCUT2D eigenvalue weighted by Crippen LogP contribution is -2.28. The average Bonchev–Trinajstić information content (AvgIpc) is 3.44. The average molecular weight is 476 g/mol. The molecule has 2 aromatic carbocycles. The highest BCUT2D eigenvalue weighted by molar-refractivity contribution is 7.89. The molecule has 1 aromatic heterocycles. The van der Waals surface area contributed by atoms with Crippen LogP contribution in [0.15, 0.2) is 47.4 Å². The first-order chi connectivity index (χ1) is 15.3. The number of sulfonamides is 1. The molecule has 32 heavy (non-hydrogen) atoms. The molecule has 4 rings (SSSR count). The maximum absolute atomic E-state index is 13.1. The Kier molecular flexibility index (Phi) is 6.13. The number of carbonyl (C=O) groups is 1. The number of anilines is 1. The van der Waals surface area contributed by atoms with Gasteiger partial charge in [-0.05, 0) is 50.1 Å². The van der Waals surface area contributed by atoms with Crippen LogP contribution >= 0.6 is 11.3 Å². The zero-order valence-electron chi connectivity index (χ0n) is 17.2. The predicted octanol–water partition coefficient (Wildman–Crippen LogP) is 4.25. The number of amides is 1. The summed E-state index contributed by atoms with van der Waals surface area (Å²) >= 11 is 1.20. The standard InChI is InChI=1S/C21H21N3O6S2/c1-2-30-17-7-5-15(13-20(17)32(28,29)23-9-3-4-10-23)22-21(25)19-12-14-11-16(24(26)27)6-8-18(14)31-19/h5-8,11-13H,2-4,9-10H2,1H3,(H,22,25). The van der Waals surface area contributed by atoms with Crippen molar-refractivity contribution >= 4 is 48.7 Å². The molecule has 11 heteroatoms. The number of ether oxygens (including phenoxy) is 1. The topological polar surface area (TPSA) is 119 Å². The number of nitrogens with zero attached hydrogens (tertiary/aromatic N) is 2. The van der Waals surface area contributed by atoms with Gasteiger partial charge >= 0.3 is 0 Å². The summed E-state index contributed by atoms with van der Waals surface area (Å²) in [4.78, 5) is 23.7. The summed E-state index contributed by atoms with van der Waals surface area (Å²) in [6.45, 7) is 2.99. The SMILES string of the molecule is CCOc1ccc(NC(=O)c2cc3cc([N+](=O)[O-])ccc3s2)cc1S(=O)(=O)N1CCCC1. The number of fused-ring (bicyclic) bond motifs is 1.